The van der Waals surface area contributed by atoms with Gasteiger partial charge in [-0.2, -0.15) is 0 Å². The highest BCUT2D eigenvalue weighted by Gasteiger charge is 2.16. The number of nitrogens with one attached hydrogen (secondary N) is 2. The fourth-order valence-electron chi connectivity index (χ4n) is 1.44. The van der Waals surface area contributed by atoms with E-state index in [2.05, 4.69) is 15.6 Å². The van der Waals surface area contributed by atoms with Gasteiger partial charge in [-0.25, -0.2) is 9.78 Å². The van der Waals surface area contributed by atoms with Crippen LogP contribution >= 0.6 is 0 Å². The van der Waals surface area contributed by atoms with Gasteiger partial charge in [0.2, 0.25) is 5.91 Å². The second kappa shape index (κ2) is 8.68. The van der Waals surface area contributed by atoms with Crippen LogP contribution < -0.4 is 10.6 Å². The summed E-state index contributed by atoms with van der Waals surface area (Å²) in [5, 5.41) is 5.10. The molecule has 0 aromatic carbocycles. The minimum absolute atomic E-state index is 0.124. The highest BCUT2D eigenvalue weighted by atomic mass is 16.5. The summed E-state index contributed by atoms with van der Waals surface area (Å²) in [6.45, 7) is 3.58. The Labute approximate surface area is 123 Å². The number of pyridine rings is 1. The van der Waals surface area contributed by atoms with Crippen LogP contribution in [0.15, 0.2) is 24.4 Å². The topological polar surface area (TPSA) is 97.4 Å². The van der Waals surface area contributed by atoms with Gasteiger partial charge >= 0.3 is 5.97 Å². The molecule has 2 amide bonds. The Balaban J connectivity index is 2.34. The third kappa shape index (κ3) is 6.03. The Kier molecular flexibility index (Phi) is 6.86. The van der Waals surface area contributed by atoms with E-state index in [-0.39, 0.29) is 11.6 Å². The quantitative estimate of drug-likeness (QED) is 0.703. The predicted octanol–water partition coefficient (Wildman–Crippen LogP) is 0.269. The maximum atomic E-state index is 11.6. The SMILES string of the molecule is CCCNC(=O)[C@H](C)NC(=O)COC(=O)c1ccccn1. The van der Waals surface area contributed by atoms with Gasteiger partial charge in [-0.1, -0.05) is 13.0 Å². The van der Waals surface area contributed by atoms with Crippen molar-refractivity contribution in [1.29, 1.82) is 0 Å². The minimum Gasteiger partial charge on any atom is -0.451 e. The van der Waals surface area contributed by atoms with E-state index >= 15 is 0 Å². The molecular formula is C14H19N3O4. The number of amides is 2. The number of nitrogens with zero attached hydrogens (tertiary/aromatic N) is 1. The normalized spacial score (nSPS) is 11.3. The third-order valence-electron chi connectivity index (χ3n) is 2.53. The van der Waals surface area contributed by atoms with Crippen LogP contribution in [0.1, 0.15) is 30.8 Å². The van der Waals surface area contributed by atoms with Crippen molar-refractivity contribution < 1.29 is 19.1 Å². The molecule has 0 unspecified atom stereocenters. The zero-order valence-corrected chi connectivity index (χ0v) is 12.1. The molecule has 0 aliphatic heterocycles. The van der Waals surface area contributed by atoms with Crippen LogP contribution in [0.25, 0.3) is 0 Å². The van der Waals surface area contributed by atoms with Gasteiger partial charge in [0, 0.05) is 12.7 Å². The number of esters is 1. The summed E-state index contributed by atoms with van der Waals surface area (Å²) in [5.74, 6) is -1.51. The molecule has 0 aliphatic carbocycles. The molecule has 0 saturated carbocycles. The summed E-state index contributed by atoms with van der Waals surface area (Å²) in [7, 11) is 0. The molecule has 0 spiro atoms. The zero-order chi connectivity index (χ0) is 15.7. The molecule has 1 atom stereocenters. The van der Waals surface area contributed by atoms with E-state index < -0.39 is 24.5 Å². The van der Waals surface area contributed by atoms with E-state index in [1.165, 1.54) is 12.3 Å². The highest BCUT2D eigenvalue weighted by molar-refractivity contribution is 5.91. The number of hydrogen-bond acceptors (Lipinski definition) is 5. The monoisotopic (exact) mass is 293 g/mol. The Bertz CT molecular complexity index is 490. The van der Waals surface area contributed by atoms with Gasteiger partial charge in [0.1, 0.15) is 11.7 Å². The van der Waals surface area contributed by atoms with E-state index in [9.17, 15) is 14.4 Å². The molecule has 0 fully saturated rings. The first-order chi connectivity index (χ1) is 10.0. The standard InChI is InChI=1S/C14H19N3O4/c1-3-7-16-13(19)10(2)17-12(18)9-21-14(20)11-6-4-5-8-15-11/h4-6,8,10H,3,7,9H2,1-2H3,(H,16,19)(H,17,18)/t10-/m0/s1. The van der Waals surface area contributed by atoms with Gasteiger partial charge in [0.15, 0.2) is 6.61 Å². The smallest absolute Gasteiger partial charge is 0.357 e. The van der Waals surface area contributed by atoms with Crippen molar-refractivity contribution in [2.45, 2.75) is 26.3 Å². The summed E-state index contributed by atoms with van der Waals surface area (Å²) in [4.78, 5) is 38.5. The molecule has 0 saturated heterocycles. The molecule has 1 heterocycles. The summed E-state index contributed by atoms with van der Waals surface area (Å²) in [6.07, 6.45) is 2.27. The molecule has 21 heavy (non-hydrogen) atoms. The Morgan fingerprint density at radius 1 is 1.33 bits per heavy atom. The number of ether oxygens (including phenoxy) is 1. The van der Waals surface area contributed by atoms with Gasteiger partial charge in [-0.15, -0.1) is 0 Å². The average molecular weight is 293 g/mol. The van der Waals surface area contributed by atoms with Crippen LogP contribution in [0.5, 0.6) is 0 Å². The molecule has 7 heteroatoms. The molecule has 0 bridgehead atoms. The number of hydrogen-bond donors (Lipinski definition) is 2. The molecule has 2 N–H and O–H groups in total. The van der Waals surface area contributed by atoms with Gasteiger partial charge in [-0.05, 0) is 25.5 Å². The van der Waals surface area contributed by atoms with Crippen molar-refractivity contribution in [3.8, 4) is 0 Å². The van der Waals surface area contributed by atoms with Gasteiger partial charge in [-0.3, -0.25) is 9.59 Å². The molecule has 0 aliphatic rings. The maximum Gasteiger partial charge on any atom is 0.357 e. The van der Waals surface area contributed by atoms with Crippen LogP contribution in [-0.2, 0) is 14.3 Å². The van der Waals surface area contributed by atoms with Crippen LogP contribution in [0.4, 0.5) is 0 Å². The lowest BCUT2D eigenvalue weighted by Gasteiger charge is -2.13. The summed E-state index contributed by atoms with van der Waals surface area (Å²) in [6, 6.07) is 4.11. The first-order valence-electron chi connectivity index (χ1n) is 6.69. The Morgan fingerprint density at radius 2 is 2.10 bits per heavy atom. The first kappa shape index (κ1) is 16.6. The van der Waals surface area contributed by atoms with E-state index in [4.69, 9.17) is 4.74 Å². The number of carbonyl (C=O) groups excluding carboxylic acids is 3. The molecular weight excluding hydrogens is 274 g/mol. The molecule has 1 rings (SSSR count). The summed E-state index contributed by atoms with van der Waals surface area (Å²) < 4.78 is 4.81. The van der Waals surface area contributed by atoms with Crippen molar-refractivity contribution in [2.75, 3.05) is 13.2 Å². The van der Waals surface area contributed by atoms with Gasteiger partial charge in [0.05, 0.1) is 0 Å². The Morgan fingerprint density at radius 3 is 2.71 bits per heavy atom. The van der Waals surface area contributed by atoms with Gasteiger partial charge in [0.25, 0.3) is 5.91 Å². The zero-order valence-electron chi connectivity index (χ0n) is 12.1. The fraction of sp³-hybridized carbons (Fsp3) is 0.429. The van der Waals surface area contributed by atoms with Crippen molar-refractivity contribution >= 4 is 17.8 Å². The molecule has 7 nitrogen and oxygen atoms in total. The largest absolute Gasteiger partial charge is 0.451 e. The average Bonchev–Trinajstić information content (AvgIpc) is 2.50. The van der Waals surface area contributed by atoms with E-state index in [1.54, 1.807) is 19.1 Å². The highest BCUT2D eigenvalue weighted by Crippen LogP contribution is 1.96. The number of rotatable bonds is 7. The van der Waals surface area contributed by atoms with Crippen LogP contribution in [0.3, 0.4) is 0 Å². The van der Waals surface area contributed by atoms with E-state index in [1.807, 2.05) is 6.92 Å². The summed E-state index contributed by atoms with van der Waals surface area (Å²) >= 11 is 0. The van der Waals surface area contributed by atoms with E-state index in [0.717, 1.165) is 6.42 Å². The van der Waals surface area contributed by atoms with Gasteiger partial charge < -0.3 is 15.4 Å². The lowest BCUT2D eigenvalue weighted by molar-refractivity contribution is -0.130. The minimum atomic E-state index is -0.686. The lowest BCUT2D eigenvalue weighted by atomic mass is 10.3. The van der Waals surface area contributed by atoms with Crippen molar-refractivity contribution in [2.24, 2.45) is 0 Å². The molecule has 114 valence electrons. The second-order valence-corrected chi connectivity index (χ2v) is 4.37. The van der Waals surface area contributed by atoms with Crippen LogP contribution in [0, 0.1) is 0 Å². The van der Waals surface area contributed by atoms with Crippen molar-refractivity contribution in [3.63, 3.8) is 0 Å². The number of aromatic nitrogens is 1. The molecule has 1 aromatic rings. The van der Waals surface area contributed by atoms with Crippen molar-refractivity contribution in [3.05, 3.63) is 30.1 Å². The molecule has 0 radical (unpaired) electrons. The summed E-state index contributed by atoms with van der Waals surface area (Å²) in [5.41, 5.74) is 0.124. The first-order valence-corrected chi connectivity index (χ1v) is 6.69. The van der Waals surface area contributed by atoms with E-state index in [0.29, 0.717) is 6.54 Å². The van der Waals surface area contributed by atoms with Crippen LogP contribution in [-0.4, -0.2) is 42.0 Å². The lowest BCUT2D eigenvalue weighted by Crippen LogP contribution is -2.46. The van der Waals surface area contributed by atoms with Crippen LogP contribution in [0.2, 0.25) is 0 Å². The fourth-order valence-corrected chi connectivity index (χ4v) is 1.44. The number of carbonyl (C=O) groups is 3. The molecule has 1 aromatic heterocycles. The Hall–Kier alpha value is -2.44. The maximum absolute atomic E-state index is 11.6. The predicted molar refractivity (Wildman–Crippen MR) is 75.4 cm³/mol. The third-order valence-corrected chi connectivity index (χ3v) is 2.53. The second-order valence-electron chi connectivity index (χ2n) is 4.37. The van der Waals surface area contributed by atoms with Crippen molar-refractivity contribution in [1.82, 2.24) is 15.6 Å².